The molecule has 0 aliphatic heterocycles. The van der Waals surface area contributed by atoms with E-state index in [2.05, 4.69) is 4.98 Å². The highest BCUT2D eigenvalue weighted by Crippen LogP contribution is 2.20. The SMILES string of the molecule is Cn1cc(CN)nc1-c1ccccc1F. The van der Waals surface area contributed by atoms with Crippen LogP contribution in [0.4, 0.5) is 4.39 Å². The Hall–Kier alpha value is -1.68. The first-order chi connectivity index (χ1) is 7.22. The van der Waals surface area contributed by atoms with E-state index in [4.69, 9.17) is 5.73 Å². The highest BCUT2D eigenvalue weighted by atomic mass is 19.1. The molecule has 0 saturated carbocycles. The molecule has 3 nitrogen and oxygen atoms in total. The van der Waals surface area contributed by atoms with E-state index in [1.165, 1.54) is 6.07 Å². The van der Waals surface area contributed by atoms with Crippen molar-refractivity contribution in [3.63, 3.8) is 0 Å². The molecule has 1 aromatic carbocycles. The number of hydrogen-bond donors (Lipinski definition) is 1. The van der Waals surface area contributed by atoms with Crippen molar-refractivity contribution < 1.29 is 4.39 Å². The van der Waals surface area contributed by atoms with E-state index in [0.717, 1.165) is 5.69 Å². The third kappa shape index (κ3) is 1.76. The van der Waals surface area contributed by atoms with Gasteiger partial charge in [-0.25, -0.2) is 9.37 Å². The summed E-state index contributed by atoms with van der Waals surface area (Å²) < 4.78 is 15.3. The van der Waals surface area contributed by atoms with Crippen LogP contribution in [0.2, 0.25) is 0 Å². The third-order valence-corrected chi connectivity index (χ3v) is 2.25. The summed E-state index contributed by atoms with van der Waals surface area (Å²) in [6.07, 6.45) is 1.81. The van der Waals surface area contributed by atoms with Crippen LogP contribution in [0.15, 0.2) is 30.5 Å². The van der Waals surface area contributed by atoms with Gasteiger partial charge in [0.25, 0.3) is 0 Å². The highest BCUT2D eigenvalue weighted by Gasteiger charge is 2.10. The van der Waals surface area contributed by atoms with Crippen molar-refractivity contribution in [2.75, 3.05) is 0 Å². The monoisotopic (exact) mass is 205 g/mol. The highest BCUT2D eigenvalue weighted by molar-refractivity contribution is 5.56. The molecule has 78 valence electrons. The van der Waals surface area contributed by atoms with Crippen LogP contribution in [0, 0.1) is 5.82 Å². The molecule has 0 unspecified atom stereocenters. The largest absolute Gasteiger partial charge is 0.334 e. The number of benzene rings is 1. The van der Waals surface area contributed by atoms with Gasteiger partial charge in [0, 0.05) is 19.8 Å². The van der Waals surface area contributed by atoms with Crippen molar-refractivity contribution in [3.05, 3.63) is 42.0 Å². The van der Waals surface area contributed by atoms with Gasteiger partial charge in [-0.15, -0.1) is 0 Å². The van der Waals surface area contributed by atoms with Gasteiger partial charge in [-0.1, -0.05) is 12.1 Å². The summed E-state index contributed by atoms with van der Waals surface area (Å²) in [7, 11) is 1.83. The molecule has 15 heavy (non-hydrogen) atoms. The maximum atomic E-state index is 13.5. The number of rotatable bonds is 2. The van der Waals surface area contributed by atoms with Crippen molar-refractivity contribution >= 4 is 0 Å². The molecule has 4 heteroatoms. The Labute approximate surface area is 87.4 Å². The Morgan fingerprint density at radius 2 is 2.13 bits per heavy atom. The first-order valence-corrected chi connectivity index (χ1v) is 4.69. The van der Waals surface area contributed by atoms with E-state index in [9.17, 15) is 4.39 Å². The molecule has 0 amide bonds. The minimum Gasteiger partial charge on any atom is -0.334 e. The van der Waals surface area contributed by atoms with Crippen LogP contribution < -0.4 is 5.73 Å². The van der Waals surface area contributed by atoms with Crippen LogP contribution in [0.1, 0.15) is 5.69 Å². The Morgan fingerprint density at radius 1 is 1.40 bits per heavy atom. The topological polar surface area (TPSA) is 43.8 Å². The summed E-state index contributed by atoms with van der Waals surface area (Å²) in [5.74, 6) is 0.336. The molecule has 0 aliphatic rings. The first kappa shape index (κ1) is 9.86. The Balaban J connectivity index is 2.54. The fraction of sp³-hybridized carbons (Fsp3) is 0.182. The molecule has 2 aromatic rings. The second-order valence-corrected chi connectivity index (χ2v) is 3.35. The van der Waals surface area contributed by atoms with Gasteiger partial charge in [0.2, 0.25) is 0 Å². The van der Waals surface area contributed by atoms with Gasteiger partial charge in [0.1, 0.15) is 11.6 Å². The minimum absolute atomic E-state index is 0.269. The molecular weight excluding hydrogens is 193 g/mol. The lowest BCUT2D eigenvalue weighted by atomic mass is 10.2. The standard InChI is InChI=1S/C11H12FN3/c1-15-7-8(6-13)14-11(15)9-4-2-3-5-10(9)12/h2-5,7H,6,13H2,1H3. The fourth-order valence-electron chi connectivity index (χ4n) is 1.52. The molecule has 0 atom stereocenters. The molecule has 0 spiro atoms. The van der Waals surface area contributed by atoms with Gasteiger partial charge in [0.05, 0.1) is 11.3 Å². The lowest BCUT2D eigenvalue weighted by molar-refractivity contribution is 0.629. The first-order valence-electron chi connectivity index (χ1n) is 4.69. The van der Waals surface area contributed by atoms with Crippen LogP contribution >= 0.6 is 0 Å². The van der Waals surface area contributed by atoms with E-state index in [1.807, 2.05) is 13.2 Å². The number of hydrogen-bond acceptors (Lipinski definition) is 2. The Kier molecular flexibility index (Phi) is 2.51. The quantitative estimate of drug-likeness (QED) is 0.810. The molecular formula is C11H12FN3. The van der Waals surface area contributed by atoms with Crippen LogP contribution in [-0.4, -0.2) is 9.55 Å². The Morgan fingerprint density at radius 3 is 2.73 bits per heavy atom. The van der Waals surface area contributed by atoms with Gasteiger partial charge in [0.15, 0.2) is 0 Å². The average molecular weight is 205 g/mol. The van der Waals surface area contributed by atoms with E-state index < -0.39 is 0 Å². The maximum Gasteiger partial charge on any atom is 0.142 e. The number of halogens is 1. The van der Waals surface area contributed by atoms with E-state index in [-0.39, 0.29) is 5.82 Å². The van der Waals surface area contributed by atoms with Gasteiger partial charge >= 0.3 is 0 Å². The van der Waals surface area contributed by atoms with Crippen molar-refractivity contribution in [1.82, 2.24) is 9.55 Å². The van der Waals surface area contributed by atoms with E-state index in [1.54, 1.807) is 22.8 Å². The van der Waals surface area contributed by atoms with Crippen LogP contribution in [0.25, 0.3) is 11.4 Å². The lowest BCUT2D eigenvalue weighted by Crippen LogP contribution is -1.95. The third-order valence-electron chi connectivity index (χ3n) is 2.25. The molecule has 0 fully saturated rings. The van der Waals surface area contributed by atoms with Crippen LogP contribution in [0.5, 0.6) is 0 Å². The predicted octanol–water partition coefficient (Wildman–Crippen LogP) is 1.68. The van der Waals surface area contributed by atoms with Gasteiger partial charge in [-0.3, -0.25) is 0 Å². The average Bonchev–Trinajstić information content (AvgIpc) is 2.60. The van der Waals surface area contributed by atoms with Crippen molar-refractivity contribution in [1.29, 1.82) is 0 Å². The molecule has 1 heterocycles. The van der Waals surface area contributed by atoms with Gasteiger partial charge in [-0.2, -0.15) is 0 Å². The summed E-state index contributed by atoms with van der Waals surface area (Å²) >= 11 is 0. The summed E-state index contributed by atoms with van der Waals surface area (Å²) in [5.41, 5.74) is 6.74. The fourth-order valence-corrected chi connectivity index (χ4v) is 1.52. The number of aryl methyl sites for hydroxylation is 1. The molecule has 0 aliphatic carbocycles. The molecule has 2 rings (SSSR count). The molecule has 1 aromatic heterocycles. The molecule has 0 bridgehead atoms. The van der Waals surface area contributed by atoms with Gasteiger partial charge < -0.3 is 10.3 Å². The summed E-state index contributed by atoms with van der Waals surface area (Å²) in [4.78, 5) is 4.26. The molecule has 0 saturated heterocycles. The van der Waals surface area contributed by atoms with Crippen LogP contribution in [0.3, 0.4) is 0 Å². The molecule has 2 N–H and O–H groups in total. The smallest absolute Gasteiger partial charge is 0.142 e. The van der Waals surface area contributed by atoms with Crippen molar-refractivity contribution in [3.8, 4) is 11.4 Å². The van der Waals surface area contributed by atoms with E-state index in [0.29, 0.717) is 17.9 Å². The summed E-state index contributed by atoms with van der Waals surface area (Å²) in [6, 6.07) is 6.57. The Bertz CT molecular complexity index is 476. The number of aromatic nitrogens is 2. The summed E-state index contributed by atoms with van der Waals surface area (Å²) in [5, 5.41) is 0. The van der Waals surface area contributed by atoms with E-state index >= 15 is 0 Å². The minimum atomic E-state index is -0.269. The maximum absolute atomic E-state index is 13.5. The molecule has 0 radical (unpaired) electrons. The normalized spacial score (nSPS) is 10.6. The van der Waals surface area contributed by atoms with Crippen LogP contribution in [-0.2, 0) is 13.6 Å². The zero-order valence-corrected chi connectivity index (χ0v) is 8.44. The van der Waals surface area contributed by atoms with Gasteiger partial charge in [-0.05, 0) is 12.1 Å². The lowest BCUT2D eigenvalue weighted by Gasteiger charge is -2.01. The number of nitrogens with two attached hydrogens (primary N) is 1. The zero-order valence-electron chi connectivity index (χ0n) is 8.44. The van der Waals surface area contributed by atoms with Crippen molar-refractivity contribution in [2.24, 2.45) is 12.8 Å². The zero-order chi connectivity index (χ0) is 10.8. The number of nitrogens with zero attached hydrogens (tertiary/aromatic N) is 2. The van der Waals surface area contributed by atoms with Crippen molar-refractivity contribution in [2.45, 2.75) is 6.54 Å². The predicted molar refractivity (Wildman–Crippen MR) is 56.5 cm³/mol. The number of imidazole rings is 1. The summed E-state index contributed by atoms with van der Waals surface area (Å²) in [6.45, 7) is 0.363. The second kappa shape index (κ2) is 3.82. The second-order valence-electron chi connectivity index (χ2n) is 3.35.